The second-order valence-corrected chi connectivity index (χ2v) is 4.64. The molecule has 0 saturated heterocycles. The van der Waals surface area contributed by atoms with Crippen molar-refractivity contribution < 1.29 is 19.1 Å². The van der Waals surface area contributed by atoms with E-state index in [0.717, 1.165) is 12.5 Å². The summed E-state index contributed by atoms with van der Waals surface area (Å²) in [6.07, 6.45) is 1.86. The Morgan fingerprint density at radius 2 is 2.05 bits per heavy atom. The molecule has 0 heterocycles. The molecule has 5 nitrogen and oxygen atoms in total. The number of carboxylic acids is 1. The SMILES string of the molecule is CNC(=O)c1ccc(NC2(C(=O)O)CCC2)cc1F. The number of carbonyl (C=O) groups is 2. The summed E-state index contributed by atoms with van der Waals surface area (Å²) in [5.74, 6) is -2.13. The summed E-state index contributed by atoms with van der Waals surface area (Å²) < 4.78 is 13.7. The maximum absolute atomic E-state index is 13.7. The van der Waals surface area contributed by atoms with E-state index >= 15 is 0 Å². The fraction of sp³-hybridized carbons (Fsp3) is 0.385. The number of carbonyl (C=O) groups excluding carboxylic acids is 1. The average Bonchev–Trinajstić information content (AvgIpc) is 2.32. The zero-order valence-electron chi connectivity index (χ0n) is 10.5. The van der Waals surface area contributed by atoms with E-state index in [2.05, 4.69) is 10.6 Å². The first-order valence-corrected chi connectivity index (χ1v) is 6.02. The summed E-state index contributed by atoms with van der Waals surface area (Å²) in [4.78, 5) is 22.5. The van der Waals surface area contributed by atoms with E-state index < -0.39 is 23.2 Å². The quantitative estimate of drug-likeness (QED) is 0.773. The minimum absolute atomic E-state index is 0.0639. The third kappa shape index (κ3) is 2.38. The second kappa shape index (κ2) is 4.87. The molecule has 2 rings (SSSR count). The van der Waals surface area contributed by atoms with Gasteiger partial charge in [0.05, 0.1) is 5.56 Å². The fourth-order valence-electron chi connectivity index (χ4n) is 2.11. The van der Waals surface area contributed by atoms with Crippen molar-refractivity contribution in [2.45, 2.75) is 24.8 Å². The first-order chi connectivity index (χ1) is 8.98. The van der Waals surface area contributed by atoms with E-state index in [0.29, 0.717) is 18.5 Å². The first kappa shape index (κ1) is 13.3. The topological polar surface area (TPSA) is 78.4 Å². The number of halogens is 1. The van der Waals surface area contributed by atoms with Gasteiger partial charge in [0.25, 0.3) is 5.91 Å². The monoisotopic (exact) mass is 266 g/mol. The Morgan fingerprint density at radius 3 is 2.47 bits per heavy atom. The van der Waals surface area contributed by atoms with Gasteiger partial charge in [-0.1, -0.05) is 0 Å². The summed E-state index contributed by atoms with van der Waals surface area (Å²) in [5, 5.41) is 14.4. The Bertz CT molecular complexity index is 527. The lowest BCUT2D eigenvalue weighted by Crippen LogP contribution is -2.52. The Kier molecular flexibility index (Phi) is 3.42. The molecule has 1 aromatic rings. The first-order valence-electron chi connectivity index (χ1n) is 6.02. The molecule has 1 fully saturated rings. The average molecular weight is 266 g/mol. The molecule has 0 aromatic heterocycles. The summed E-state index contributed by atoms with van der Waals surface area (Å²) in [5.41, 5.74) is -0.695. The van der Waals surface area contributed by atoms with Gasteiger partial charge in [-0.05, 0) is 37.5 Å². The zero-order chi connectivity index (χ0) is 14.0. The molecule has 0 unspecified atom stereocenters. The van der Waals surface area contributed by atoms with Gasteiger partial charge in [-0.15, -0.1) is 0 Å². The molecule has 1 aliphatic rings. The molecular formula is C13H15FN2O3. The molecule has 3 N–H and O–H groups in total. The van der Waals surface area contributed by atoms with E-state index in [9.17, 15) is 19.1 Å². The molecule has 0 aliphatic heterocycles. The number of anilines is 1. The molecular weight excluding hydrogens is 251 g/mol. The number of aliphatic carboxylic acids is 1. The molecule has 1 amide bonds. The van der Waals surface area contributed by atoms with Crippen LogP contribution in [0.15, 0.2) is 18.2 Å². The zero-order valence-corrected chi connectivity index (χ0v) is 10.5. The van der Waals surface area contributed by atoms with Crippen LogP contribution in [0.1, 0.15) is 29.6 Å². The smallest absolute Gasteiger partial charge is 0.329 e. The van der Waals surface area contributed by atoms with Gasteiger partial charge in [0.1, 0.15) is 11.4 Å². The van der Waals surface area contributed by atoms with Gasteiger partial charge >= 0.3 is 5.97 Å². The van der Waals surface area contributed by atoms with Crippen LogP contribution >= 0.6 is 0 Å². The molecule has 0 spiro atoms. The summed E-state index contributed by atoms with van der Waals surface area (Å²) in [7, 11) is 1.42. The van der Waals surface area contributed by atoms with E-state index in [1.165, 1.54) is 19.2 Å². The maximum Gasteiger partial charge on any atom is 0.329 e. The highest BCUT2D eigenvalue weighted by molar-refractivity contribution is 5.94. The molecule has 1 aliphatic carbocycles. The van der Waals surface area contributed by atoms with Crippen LogP contribution in [0.4, 0.5) is 10.1 Å². The third-order valence-electron chi connectivity index (χ3n) is 3.44. The number of hydrogen-bond donors (Lipinski definition) is 3. The lowest BCUT2D eigenvalue weighted by atomic mass is 9.76. The molecule has 0 bridgehead atoms. The van der Waals surface area contributed by atoms with Crippen LogP contribution in [0.5, 0.6) is 0 Å². The van der Waals surface area contributed by atoms with Gasteiger partial charge < -0.3 is 15.7 Å². The van der Waals surface area contributed by atoms with E-state index in [1.807, 2.05) is 0 Å². The van der Waals surface area contributed by atoms with Crippen molar-refractivity contribution in [2.75, 3.05) is 12.4 Å². The minimum atomic E-state index is -0.999. The van der Waals surface area contributed by atoms with Gasteiger partial charge in [0.2, 0.25) is 0 Å². The number of rotatable bonds is 4. The van der Waals surface area contributed by atoms with Crippen LogP contribution < -0.4 is 10.6 Å². The third-order valence-corrected chi connectivity index (χ3v) is 3.44. The predicted molar refractivity (Wildman–Crippen MR) is 67.6 cm³/mol. The largest absolute Gasteiger partial charge is 0.480 e. The molecule has 102 valence electrons. The van der Waals surface area contributed by atoms with Crippen molar-refractivity contribution in [1.29, 1.82) is 0 Å². The number of amides is 1. The van der Waals surface area contributed by atoms with Crippen molar-refractivity contribution >= 4 is 17.6 Å². The number of hydrogen-bond acceptors (Lipinski definition) is 3. The van der Waals surface area contributed by atoms with E-state index in [4.69, 9.17) is 0 Å². The highest BCUT2D eigenvalue weighted by Crippen LogP contribution is 2.35. The lowest BCUT2D eigenvalue weighted by Gasteiger charge is -2.39. The fourth-order valence-corrected chi connectivity index (χ4v) is 2.11. The molecule has 19 heavy (non-hydrogen) atoms. The summed E-state index contributed by atoms with van der Waals surface area (Å²) in [6.45, 7) is 0. The van der Waals surface area contributed by atoms with Crippen LogP contribution in [0.3, 0.4) is 0 Å². The van der Waals surface area contributed by atoms with Crippen LogP contribution in [0.25, 0.3) is 0 Å². The predicted octanol–water partition coefficient (Wildman–Crippen LogP) is 1.60. The van der Waals surface area contributed by atoms with Gasteiger partial charge in [0.15, 0.2) is 0 Å². The summed E-state index contributed by atoms with van der Waals surface area (Å²) in [6, 6.07) is 4.00. The molecule has 0 radical (unpaired) electrons. The summed E-state index contributed by atoms with van der Waals surface area (Å²) >= 11 is 0. The Hall–Kier alpha value is -2.11. The number of benzene rings is 1. The minimum Gasteiger partial charge on any atom is -0.480 e. The second-order valence-electron chi connectivity index (χ2n) is 4.64. The van der Waals surface area contributed by atoms with Gasteiger partial charge in [-0.3, -0.25) is 4.79 Å². The van der Waals surface area contributed by atoms with Crippen molar-refractivity contribution in [1.82, 2.24) is 5.32 Å². The van der Waals surface area contributed by atoms with E-state index in [1.54, 1.807) is 0 Å². The molecule has 1 saturated carbocycles. The molecule has 0 atom stereocenters. The number of carboxylic acid groups (broad SMARTS) is 1. The maximum atomic E-state index is 13.7. The van der Waals surface area contributed by atoms with Crippen LogP contribution in [0, 0.1) is 5.82 Å². The van der Waals surface area contributed by atoms with E-state index in [-0.39, 0.29) is 5.56 Å². The standard InChI is InChI=1S/C13H15FN2O3/c1-15-11(17)9-4-3-8(7-10(9)14)16-13(12(18)19)5-2-6-13/h3-4,7,16H,2,5-6H2,1H3,(H,15,17)(H,18,19). The highest BCUT2D eigenvalue weighted by Gasteiger charge is 2.44. The lowest BCUT2D eigenvalue weighted by molar-refractivity contribution is -0.145. The van der Waals surface area contributed by atoms with Gasteiger partial charge in [-0.25, -0.2) is 9.18 Å². The van der Waals surface area contributed by atoms with Gasteiger partial charge in [-0.2, -0.15) is 0 Å². The van der Waals surface area contributed by atoms with Crippen molar-refractivity contribution in [3.63, 3.8) is 0 Å². The molecule has 1 aromatic carbocycles. The normalized spacial score (nSPS) is 16.3. The van der Waals surface area contributed by atoms with Crippen LogP contribution in [-0.2, 0) is 4.79 Å². The van der Waals surface area contributed by atoms with Crippen LogP contribution in [-0.4, -0.2) is 29.6 Å². The highest BCUT2D eigenvalue weighted by atomic mass is 19.1. The number of nitrogens with one attached hydrogen (secondary N) is 2. The van der Waals surface area contributed by atoms with Crippen LogP contribution in [0.2, 0.25) is 0 Å². The Morgan fingerprint density at radius 1 is 1.37 bits per heavy atom. The molecule has 6 heteroatoms. The van der Waals surface area contributed by atoms with Crippen molar-refractivity contribution in [2.24, 2.45) is 0 Å². The Balaban J connectivity index is 2.21. The van der Waals surface area contributed by atoms with Crippen molar-refractivity contribution in [3.8, 4) is 0 Å². The Labute approximate surface area is 109 Å². The van der Waals surface area contributed by atoms with Crippen molar-refractivity contribution in [3.05, 3.63) is 29.6 Å². The van der Waals surface area contributed by atoms with Gasteiger partial charge in [0, 0.05) is 12.7 Å².